The van der Waals surface area contributed by atoms with Crippen molar-refractivity contribution in [3.8, 4) is 5.75 Å². The molecule has 7 nitrogen and oxygen atoms in total. The zero-order valence-electron chi connectivity index (χ0n) is 8.34. The highest BCUT2D eigenvalue weighted by atomic mass is 32.2. The summed E-state index contributed by atoms with van der Waals surface area (Å²) in [5.41, 5.74) is -1.03. The van der Waals surface area contributed by atoms with E-state index in [2.05, 4.69) is 9.88 Å². The highest BCUT2D eigenvalue weighted by Crippen LogP contribution is 2.33. The number of nitro benzene ring substituents is 1. The molecule has 0 aliphatic rings. The van der Waals surface area contributed by atoms with Gasteiger partial charge in [-0.05, 0) is 6.07 Å². The minimum absolute atomic E-state index is 0.334. The third-order valence-corrected chi connectivity index (χ3v) is 2.59. The molecule has 1 aromatic rings. The lowest BCUT2D eigenvalue weighted by molar-refractivity contribution is -0.388. The molecule has 0 aromatic heterocycles. The highest BCUT2D eigenvalue weighted by Gasteiger charge is 2.35. The number of ether oxygens (including phenoxy) is 1. The van der Waals surface area contributed by atoms with E-state index in [4.69, 9.17) is 0 Å². The van der Waals surface area contributed by atoms with Gasteiger partial charge in [-0.1, -0.05) is 0 Å². The smallest absolute Gasteiger partial charge is 0.398 e. The van der Waals surface area contributed by atoms with Crippen molar-refractivity contribution >= 4 is 15.7 Å². The van der Waals surface area contributed by atoms with Crippen LogP contribution in [0.4, 0.5) is 18.9 Å². The second kappa shape index (κ2) is 4.42. The molecule has 100 valence electrons. The number of benzene rings is 1. The Balaban J connectivity index is 3.38. The predicted octanol–water partition coefficient (Wildman–Crippen LogP) is 1.14. The van der Waals surface area contributed by atoms with Gasteiger partial charge >= 0.3 is 12.0 Å². The van der Waals surface area contributed by atoms with Crippen molar-refractivity contribution in [3.63, 3.8) is 0 Å². The van der Waals surface area contributed by atoms with Gasteiger partial charge in [0.25, 0.3) is 0 Å². The Hall–Kier alpha value is -1.88. The fourth-order valence-electron chi connectivity index (χ4n) is 1.03. The van der Waals surface area contributed by atoms with Crippen molar-refractivity contribution in [3.05, 3.63) is 28.3 Å². The summed E-state index contributed by atoms with van der Waals surface area (Å²) in [5.74, 6) is -1.25. The average molecular weight is 286 g/mol. The van der Waals surface area contributed by atoms with Gasteiger partial charge < -0.3 is 4.74 Å². The maximum Gasteiger partial charge on any atom is 0.573 e. The lowest BCUT2D eigenvalue weighted by Gasteiger charge is -2.09. The first-order valence-electron chi connectivity index (χ1n) is 4.08. The first-order valence-corrected chi connectivity index (χ1v) is 5.62. The molecule has 11 heteroatoms. The molecule has 2 N–H and O–H groups in total. The van der Waals surface area contributed by atoms with Crippen molar-refractivity contribution in [2.75, 3.05) is 0 Å². The van der Waals surface area contributed by atoms with Crippen LogP contribution in [0.3, 0.4) is 0 Å². The third kappa shape index (κ3) is 3.56. The first kappa shape index (κ1) is 14.2. The Morgan fingerprint density at radius 2 is 1.89 bits per heavy atom. The Kier molecular flexibility index (Phi) is 3.48. The number of sulfonamides is 1. The molecule has 0 saturated carbocycles. The molecule has 0 heterocycles. The molecule has 18 heavy (non-hydrogen) atoms. The first-order chi connectivity index (χ1) is 8.00. The van der Waals surface area contributed by atoms with Crippen molar-refractivity contribution in [1.82, 2.24) is 0 Å². The number of hydrogen-bond donors (Lipinski definition) is 1. The summed E-state index contributed by atoms with van der Waals surface area (Å²) in [6.45, 7) is 0. The summed E-state index contributed by atoms with van der Waals surface area (Å²) < 4.78 is 61.1. The number of nitrogens with two attached hydrogens (primary N) is 1. The number of nitro groups is 1. The van der Waals surface area contributed by atoms with Crippen LogP contribution in [0.5, 0.6) is 5.75 Å². The van der Waals surface area contributed by atoms with E-state index in [-0.39, 0.29) is 0 Å². The van der Waals surface area contributed by atoms with E-state index in [1.54, 1.807) is 0 Å². The van der Waals surface area contributed by atoms with Gasteiger partial charge in [0.1, 0.15) is 0 Å². The fraction of sp³-hybridized carbons (Fsp3) is 0.143. The zero-order valence-corrected chi connectivity index (χ0v) is 9.16. The maximum absolute atomic E-state index is 12.0. The van der Waals surface area contributed by atoms with Crippen LogP contribution in [0.1, 0.15) is 0 Å². The van der Waals surface area contributed by atoms with E-state index in [1.807, 2.05) is 0 Å². The maximum atomic E-state index is 12.0. The van der Waals surface area contributed by atoms with Crippen molar-refractivity contribution in [2.24, 2.45) is 5.14 Å². The molecule has 0 bridgehead atoms. The van der Waals surface area contributed by atoms with Gasteiger partial charge in [-0.15, -0.1) is 13.2 Å². The predicted molar refractivity (Wildman–Crippen MR) is 51.2 cm³/mol. The standard InChI is InChI=1S/C7H5F3N2O5S/c8-7(9,10)17-6-3-4(18(11,15)16)1-2-5(6)12(13)14/h1-3H,(H2,11,15,16). The Morgan fingerprint density at radius 1 is 1.33 bits per heavy atom. The summed E-state index contributed by atoms with van der Waals surface area (Å²) in [6, 6.07) is 1.60. The van der Waals surface area contributed by atoms with E-state index in [1.165, 1.54) is 0 Å². The van der Waals surface area contributed by atoms with E-state index in [9.17, 15) is 31.7 Å². The van der Waals surface area contributed by atoms with Gasteiger partial charge in [0.15, 0.2) is 0 Å². The van der Waals surface area contributed by atoms with Crippen LogP contribution in [0.25, 0.3) is 0 Å². The normalized spacial score (nSPS) is 12.2. The summed E-state index contributed by atoms with van der Waals surface area (Å²) in [5, 5.41) is 15.1. The van der Waals surface area contributed by atoms with Gasteiger partial charge in [-0.25, -0.2) is 13.6 Å². The molecule has 0 aliphatic carbocycles. The second-order valence-electron chi connectivity index (χ2n) is 2.98. The summed E-state index contributed by atoms with van der Waals surface area (Å²) in [4.78, 5) is 8.57. The van der Waals surface area contributed by atoms with Crippen molar-refractivity contribution in [1.29, 1.82) is 0 Å². The number of hydrogen-bond acceptors (Lipinski definition) is 5. The number of nitrogens with zero attached hydrogens (tertiary/aromatic N) is 1. The minimum Gasteiger partial charge on any atom is -0.398 e. The van der Waals surface area contributed by atoms with Crippen LogP contribution in [0.15, 0.2) is 23.1 Å². The van der Waals surface area contributed by atoms with Crippen LogP contribution >= 0.6 is 0 Å². The van der Waals surface area contributed by atoms with Crippen LogP contribution in [0, 0.1) is 10.1 Å². The molecular weight excluding hydrogens is 281 g/mol. The van der Waals surface area contributed by atoms with E-state index < -0.39 is 37.6 Å². The third-order valence-electron chi connectivity index (χ3n) is 1.68. The lowest BCUT2D eigenvalue weighted by atomic mass is 10.3. The van der Waals surface area contributed by atoms with Crippen LogP contribution in [0.2, 0.25) is 0 Å². The molecule has 0 saturated heterocycles. The van der Waals surface area contributed by atoms with Gasteiger partial charge in [-0.2, -0.15) is 0 Å². The summed E-state index contributed by atoms with van der Waals surface area (Å²) >= 11 is 0. The molecule has 1 aromatic carbocycles. The molecule has 0 unspecified atom stereocenters. The fourth-order valence-corrected chi connectivity index (χ4v) is 1.56. The Labute approximate surface area is 98.2 Å². The van der Waals surface area contributed by atoms with Crippen LogP contribution in [-0.2, 0) is 10.0 Å². The number of primary sulfonamides is 1. The van der Waals surface area contributed by atoms with E-state index in [0.29, 0.717) is 18.2 Å². The van der Waals surface area contributed by atoms with Gasteiger partial charge in [0.2, 0.25) is 15.8 Å². The molecule has 0 aliphatic heterocycles. The monoisotopic (exact) mass is 286 g/mol. The summed E-state index contributed by atoms with van der Waals surface area (Å²) in [7, 11) is -4.29. The number of halogens is 3. The Morgan fingerprint density at radius 3 is 2.28 bits per heavy atom. The summed E-state index contributed by atoms with van der Waals surface area (Å²) in [6.07, 6.45) is -5.19. The van der Waals surface area contributed by atoms with Crippen molar-refractivity contribution in [2.45, 2.75) is 11.3 Å². The molecular formula is C7H5F3N2O5S. The molecule has 0 radical (unpaired) electrons. The number of rotatable bonds is 3. The van der Waals surface area contributed by atoms with Gasteiger partial charge in [0.05, 0.1) is 9.82 Å². The van der Waals surface area contributed by atoms with Crippen molar-refractivity contribution < 1.29 is 31.2 Å². The zero-order chi connectivity index (χ0) is 14.1. The van der Waals surface area contributed by atoms with Gasteiger partial charge in [-0.3, -0.25) is 10.1 Å². The SMILES string of the molecule is NS(=O)(=O)c1ccc([N+](=O)[O-])c(OC(F)(F)F)c1. The lowest BCUT2D eigenvalue weighted by Crippen LogP contribution is -2.19. The molecule has 0 amide bonds. The quantitative estimate of drug-likeness (QED) is 0.661. The second-order valence-corrected chi connectivity index (χ2v) is 4.54. The Bertz CT molecular complexity index is 583. The minimum atomic E-state index is -5.19. The topological polar surface area (TPSA) is 113 Å². The molecule has 0 spiro atoms. The van der Waals surface area contributed by atoms with Gasteiger partial charge in [0, 0.05) is 12.1 Å². The molecule has 0 fully saturated rings. The largest absolute Gasteiger partial charge is 0.573 e. The van der Waals surface area contributed by atoms with Crippen LogP contribution in [-0.4, -0.2) is 19.7 Å². The van der Waals surface area contributed by atoms with E-state index >= 15 is 0 Å². The molecule has 0 atom stereocenters. The van der Waals surface area contributed by atoms with Crippen LogP contribution < -0.4 is 9.88 Å². The average Bonchev–Trinajstić information content (AvgIpc) is 2.12. The number of alkyl halides is 3. The van der Waals surface area contributed by atoms with E-state index in [0.717, 1.165) is 0 Å². The highest BCUT2D eigenvalue weighted by molar-refractivity contribution is 7.89. The molecule has 1 rings (SSSR count).